The molecule has 2 heterocycles. The SMILES string of the molecule is c1ccc2cc(-n3c4ccccc4c4ccc5c(c6ccccc6n5-c5cc6ccccc6c6ccccc56)c43)ccc2c1. The van der Waals surface area contributed by atoms with Gasteiger partial charge < -0.3 is 9.13 Å². The lowest BCUT2D eigenvalue weighted by atomic mass is 10.00. The minimum Gasteiger partial charge on any atom is -0.309 e. The van der Waals surface area contributed by atoms with Crippen LogP contribution in [0, 0.1) is 0 Å². The number of benzene rings is 8. The van der Waals surface area contributed by atoms with Crippen LogP contribution in [0.1, 0.15) is 0 Å². The van der Waals surface area contributed by atoms with Crippen LogP contribution in [-0.4, -0.2) is 9.13 Å². The molecule has 2 aromatic heterocycles. The Kier molecular flexibility index (Phi) is 4.75. The van der Waals surface area contributed by atoms with Crippen molar-refractivity contribution in [3.8, 4) is 11.4 Å². The average Bonchev–Trinajstić information content (AvgIpc) is 3.60. The number of nitrogens with zero attached hydrogens (tertiary/aromatic N) is 2. The molecule has 0 bridgehead atoms. The minimum absolute atomic E-state index is 1.18. The standard InChI is InChI=1S/C42H26N2/c1-2-12-28-25-30(22-21-27(28)11-1)43-37-19-9-7-17-34(37)35-23-24-39-41(42(35)43)36-18-8-10-20-38(36)44(39)40-26-29-13-3-4-14-31(29)32-15-5-6-16-33(32)40/h1-26H. The van der Waals surface area contributed by atoms with Crippen LogP contribution in [0.4, 0.5) is 0 Å². The van der Waals surface area contributed by atoms with E-state index in [2.05, 4.69) is 167 Å². The first-order chi connectivity index (χ1) is 21.8. The Labute approximate surface area is 253 Å². The zero-order chi connectivity index (χ0) is 28.8. The van der Waals surface area contributed by atoms with Gasteiger partial charge in [-0.25, -0.2) is 0 Å². The third kappa shape index (κ3) is 3.14. The summed E-state index contributed by atoms with van der Waals surface area (Å²) in [4.78, 5) is 0. The lowest BCUT2D eigenvalue weighted by Crippen LogP contribution is -1.97. The van der Waals surface area contributed by atoms with Crippen molar-refractivity contribution in [1.29, 1.82) is 0 Å². The summed E-state index contributed by atoms with van der Waals surface area (Å²) in [5.74, 6) is 0. The lowest BCUT2D eigenvalue weighted by molar-refractivity contribution is 1.19. The van der Waals surface area contributed by atoms with E-state index in [9.17, 15) is 0 Å². The second-order valence-electron chi connectivity index (χ2n) is 11.8. The van der Waals surface area contributed by atoms with Crippen LogP contribution < -0.4 is 0 Å². The van der Waals surface area contributed by atoms with Gasteiger partial charge in [-0.1, -0.05) is 121 Å². The second kappa shape index (κ2) is 8.82. The molecule has 0 spiro atoms. The lowest BCUT2D eigenvalue weighted by Gasteiger charge is -2.14. The van der Waals surface area contributed by atoms with Crippen molar-refractivity contribution in [3.05, 3.63) is 158 Å². The molecule has 2 nitrogen and oxygen atoms in total. The van der Waals surface area contributed by atoms with Gasteiger partial charge in [-0.2, -0.15) is 0 Å². The molecule has 0 saturated carbocycles. The van der Waals surface area contributed by atoms with Gasteiger partial charge in [0.1, 0.15) is 0 Å². The Balaban J connectivity index is 1.41. The Morgan fingerprint density at radius 3 is 1.75 bits per heavy atom. The molecule has 2 heteroatoms. The van der Waals surface area contributed by atoms with Gasteiger partial charge in [0, 0.05) is 32.6 Å². The number of hydrogen-bond donors (Lipinski definition) is 0. The van der Waals surface area contributed by atoms with E-state index in [0.29, 0.717) is 0 Å². The van der Waals surface area contributed by atoms with E-state index in [1.807, 2.05) is 0 Å². The molecule has 0 aliphatic rings. The van der Waals surface area contributed by atoms with Crippen LogP contribution in [-0.2, 0) is 0 Å². The highest BCUT2D eigenvalue weighted by molar-refractivity contribution is 6.27. The molecular formula is C42H26N2. The molecule has 0 amide bonds. The summed E-state index contributed by atoms with van der Waals surface area (Å²) in [6.45, 7) is 0. The maximum absolute atomic E-state index is 2.49. The van der Waals surface area contributed by atoms with Crippen molar-refractivity contribution in [2.24, 2.45) is 0 Å². The first kappa shape index (κ1) is 23.7. The molecule has 0 saturated heterocycles. The van der Waals surface area contributed by atoms with Crippen molar-refractivity contribution < 1.29 is 0 Å². The Morgan fingerprint density at radius 1 is 0.318 bits per heavy atom. The van der Waals surface area contributed by atoms with E-state index >= 15 is 0 Å². The molecular weight excluding hydrogens is 532 g/mol. The third-order valence-corrected chi connectivity index (χ3v) is 9.45. The summed E-state index contributed by atoms with van der Waals surface area (Å²) in [5, 5.41) is 12.6. The smallest absolute Gasteiger partial charge is 0.0641 e. The van der Waals surface area contributed by atoms with Gasteiger partial charge in [-0.05, 0) is 63.3 Å². The molecule has 0 aliphatic carbocycles. The Bertz CT molecular complexity index is 2780. The fourth-order valence-corrected chi connectivity index (χ4v) is 7.57. The molecule has 204 valence electrons. The summed E-state index contributed by atoms with van der Waals surface area (Å²) >= 11 is 0. The highest BCUT2D eigenvalue weighted by atomic mass is 15.0. The van der Waals surface area contributed by atoms with E-state index in [4.69, 9.17) is 0 Å². The van der Waals surface area contributed by atoms with Crippen LogP contribution in [0.15, 0.2) is 158 Å². The summed E-state index contributed by atoms with van der Waals surface area (Å²) in [6.07, 6.45) is 0. The number of rotatable bonds is 2. The minimum atomic E-state index is 1.18. The van der Waals surface area contributed by atoms with Crippen molar-refractivity contribution >= 4 is 75.9 Å². The maximum Gasteiger partial charge on any atom is 0.0641 e. The number of hydrogen-bond acceptors (Lipinski definition) is 0. The van der Waals surface area contributed by atoms with Gasteiger partial charge in [0.2, 0.25) is 0 Å². The van der Waals surface area contributed by atoms with E-state index in [1.54, 1.807) is 0 Å². The topological polar surface area (TPSA) is 9.86 Å². The second-order valence-corrected chi connectivity index (χ2v) is 11.8. The molecule has 8 aromatic carbocycles. The summed E-state index contributed by atoms with van der Waals surface area (Å²) in [6, 6.07) is 57.8. The highest BCUT2D eigenvalue weighted by Gasteiger charge is 2.21. The van der Waals surface area contributed by atoms with Crippen LogP contribution in [0.5, 0.6) is 0 Å². The number of aromatic nitrogens is 2. The number of para-hydroxylation sites is 2. The van der Waals surface area contributed by atoms with Crippen molar-refractivity contribution in [2.75, 3.05) is 0 Å². The van der Waals surface area contributed by atoms with Crippen LogP contribution in [0.25, 0.3) is 87.3 Å². The average molecular weight is 559 g/mol. The van der Waals surface area contributed by atoms with Crippen molar-refractivity contribution in [1.82, 2.24) is 9.13 Å². The quantitative estimate of drug-likeness (QED) is 0.187. The Morgan fingerprint density at radius 2 is 0.932 bits per heavy atom. The first-order valence-electron chi connectivity index (χ1n) is 15.2. The van der Waals surface area contributed by atoms with E-state index in [1.165, 1.54) is 87.3 Å². The molecule has 0 N–H and O–H groups in total. The zero-order valence-corrected chi connectivity index (χ0v) is 23.9. The number of fused-ring (bicyclic) bond motifs is 11. The normalized spacial score (nSPS) is 12.1. The molecule has 0 fully saturated rings. The largest absolute Gasteiger partial charge is 0.309 e. The molecule has 0 radical (unpaired) electrons. The van der Waals surface area contributed by atoms with E-state index < -0.39 is 0 Å². The monoisotopic (exact) mass is 558 g/mol. The van der Waals surface area contributed by atoms with Crippen molar-refractivity contribution in [3.63, 3.8) is 0 Å². The highest BCUT2D eigenvalue weighted by Crippen LogP contribution is 2.43. The first-order valence-corrected chi connectivity index (χ1v) is 15.2. The van der Waals surface area contributed by atoms with Gasteiger partial charge in [-0.15, -0.1) is 0 Å². The predicted octanol–water partition coefficient (Wildman–Crippen LogP) is 11.3. The molecule has 44 heavy (non-hydrogen) atoms. The van der Waals surface area contributed by atoms with Gasteiger partial charge >= 0.3 is 0 Å². The van der Waals surface area contributed by atoms with Crippen molar-refractivity contribution in [2.45, 2.75) is 0 Å². The summed E-state index contributed by atoms with van der Waals surface area (Å²) in [5.41, 5.74) is 7.28. The van der Waals surface area contributed by atoms with E-state index in [0.717, 1.165) is 0 Å². The van der Waals surface area contributed by atoms with E-state index in [-0.39, 0.29) is 0 Å². The van der Waals surface area contributed by atoms with Gasteiger partial charge in [0.05, 0.1) is 27.8 Å². The van der Waals surface area contributed by atoms with Crippen LogP contribution in [0.2, 0.25) is 0 Å². The van der Waals surface area contributed by atoms with Gasteiger partial charge in [0.25, 0.3) is 0 Å². The molecule has 0 unspecified atom stereocenters. The zero-order valence-electron chi connectivity index (χ0n) is 23.9. The van der Waals surface area contributed by atoms with Crippen LogP contribution in [0.3, 0.4) is 0 Å². The van der Waals surface area contributed by atoms with Gasteiger partial charge in [0.15, 0.2) is 0 Å². The molecule has 10 rings (SSSR count). The summed E-state index contributed by atoms with van der Waals surface area (Å²) < 4.78 is 4.97. The maximum atomic E-state index is 2.49. The van der Waals surface area contributed by atoms with Crippen LogP contribution >= 0.6 is 0 Å². The Hall–Kier alpha value is -5.86. The molecule has 0 aliphatic heterocycles. The predicted molar refractivity (Wildman–Crippen MR) is 188 cm³/mol. The molecule has 10 aromatic rings. The summed E-state index contributed by atoms with van der Waals surface area (Å²) in [7, 11) is 0. The molecule has 0 atom stereocenters. The fourth-order valence-electron chi connectivity index (χ4n) is 7.57. The third-order valence-electron chi connectivity index (χ3n) is 9.45. The fraction of sp³-hybridized carbons (Fsp3) is 0. The van der Waals surface area contributed by atoms with Gasteiger partial charge in [-0.3, -0.25) is 0 Å².